The van der Waals surface area contributed by atoms with Crippen LogP contribution in [0.3, 0.4) is 0 Å². The van der Waals surface area contributed by atoms with Crippen molar-refractivity contribution in [2.45, 2.75) is 0 Å². The molecule has 156 valence electrons. The highest BCUT2D eigenvalue weighted by atomic mass is 35.5. The zero-order valence-corrected chi connectivity index (χ0v) is 16.3. The number of hydrogen-bond acceptors (Lipinski definition) is 3. The molecule has 1 aromatic heterocycles. The van der Waals surface area contributed by atoms with Crippen LogP contribution < -0.4 is 10.6 Å². The minimum atomic E-state index is -1.18. The number of carbonyl (C=O) groups is 2. The average molecular weight is 445 g/mol. The fourth-order valence-corrected chi connectivity index (χ4v) is 3.09. The Hall–Kier alpha value is -3.78. The first kappa shape index (κ1) is 20.5. The van der Waals surface area contributed by atoms with E-state index in [0.29, 0.717) is 11.0 Å². The van der Waals surface area contributed by atoms with Crippen LogP contribution in [0.4, 0.5) is 24.5 Å². The van der Waals surface area contributed by atoms with Gasteiger partial charge in [-0.05, 0) is 48.5 Å². The van der Waals surface area contributed by atoms with Gasteiger partial charge < -0.3 is 15.1 Å². The minimum Gasteiger partial charge on any atom is -0.449 e. The number of anilines is 2. The molecule has 1 heterocycles. The Kier molecular flexibility index (Phi) is 5.39. The molecule has 5 nitrogen and oxygen atoms in total. The molecule has 0 bridgehead atoms. The van der Waals surface area contributed by atoms with E-state index >= 15 is 0 Å². The SMILES string of the molecule is O=C(Nc1c(C(=O)Nc2ccc(F)c(Cl)c2)oc2ccccc12)c1ccc(F)c(F)c1. The summed E-state index contributed by atoms with van der Waals surface area (Å²) in [7, 11) is 0. The maximum Gasteiger partial charge on any atom is 0.293 e. The molecule has 0 aliphatic carbocycles. The number of nitrogens with one attached hydrogen (secondary N) is 2. The van der Waals surface area contributed by atoms with E-state index in [0.717, 1.165) is 24.3 Å². The molecule has 0 spiro atoms. The van der Waals surface area contributed by atoms with Gasteiger partial charge in [-0.2, -0.15) is 0 Å². The summed E-state index contributed by atoms with van der Waals surface area (Å²) in [5.41, 5.74) is 0.400. The first-order chi connectivity index (χ1) is 14.8. The highest BCUT2D eigenvalue weighted by molar-refractivity contribution is 6.31. The largest absolute Gasteiger partial charge is 0.449 e. The number of halogens is 4. The van der Waals surface area contributed by atoms with Gasteiger partial charge in [0, 0.05) is 16.6 Å². The molecule has 0 aliphatic rings. The number of hydrogen-bond donors (Lipinski definition) is 2. The predicted molar refractivity (Wildman–Crippen MR) is 110 cm³/mol. The quantitative estimate of drug-likeness (QED) is 0.405. The van der Waals surface area contributed by atoms with Crippen LogP contribution in [0.2, 0.25) is 5.02 Å². The Morgan fingerprint density at radius 3 is 2.29 bits per heavy atom. The van der Waals surface area contributed by atoms with Gasteiger partial charge in [-0.1, -0.05) is 23.7 Å². The zero-order valence-electron chi connectivity index (χ0n) is 15.5. The summed E-state index contributed by atoms with van der Waals surface area (Å²) in [6, 6.07) is 12.8. The van der Waals surface area contributed by atoms with Gasteiger partial charge in [0.15, 0.2) is 11.6 Å². The summed E-state index contributed by atoms with van der Waals surface area (Å²) < 4.78 is 45.6. The second kappa shape index (κ2) is 8.16. The van der Waals surface area contributed by atoms with E-state index in [2.05, 4.69) is 10.6 Å². The van der Waals surface area contributed by atoms with Gasteiger partial charge in [-0.25, -0.2) is 13.2 Å². The van der Waals surface area contributed by atoms with E-state index < -0.39 is 29.3 Å². The molecule has 0 aliphatic heterocycles. The van der Waals surface area contributed by atoms with E-state index in [1.54, 1.807) is 24.3 Å². The van der Waals surface area contributed by atoms with Crippen LogP contribution in [-0.4, -0.2) is 11.8 Å². The minimum absolute atomic E-state index is 0.0380. The molecular weight excluding hydrogens is 433 g/mol. The second-order valence-electron chi connectivity index (χ2n) is 6.47. The van der Waals surface area contributed by atoms with Crippen molar-refractivity contribution in [1.82, 2.24) is 0 Å². The zero-order chi connectivity index (χ0) is 22.1. The number of furan rings is 1. The monoisotopic (exact) mass is 444 g/mol. The standard InChI is InChI=1S/C22H12ClF3N2O3/c23-14-10-12(6-8-15(14)24)27-22(30)20-19(13-3-1-2-4-18(13)31-20)28-21(29)11-5-7-16(25)17(26)9-11/h1-10H,(H,27,30)(H,28,29). The summed E-state index contributed by atoms with van der Waals surface area (Å²) >= 11 is 5.74. The van der Waals surface area contributed by atoms with Gasteiger partial charge in [0.25, 0.3) is 11.8 Å². The molecule has 0 atom stereocenters. The van der Waals surface area contributed by atoms with Crippen LogP contribution in [0.1, 0.15) is 20.9 Å². The number of amides is 2. The lowest BCUT2D eigenvalue weighted by molar-refractivity contribution is 0.0999. The first-order valence-corrected chi connectivity index (χ1v) is 9.25. The molecule has 0 unspecified atom stereocenters. The summed E-state index contributed by atoms with van der Waals surface area (Å²) in [6.07, 6.45) is 0. The van der Waals surface area contributed by atoms with Crippen molar-refractivity contribution in [2.24, 2.45) is 0 Å². The average Bonchev–Trinajstić information content (AvgIpc) is 3.11. The van der Waals surface area contributed by atoms with Gasteiger partial charge in [-0.15, -0.1) is 0 Å². The van der Waals surface area contributed by atoms with Gasteiger partial charge in [-0.3, -0.25) is 9.59 Å². The third-order valence-corrected chi connectivity index (χ3v) is 4.69. The van der Waals surface area contributed by atoms with E-state index in [9.17, 15) is 22.8 Å². The van der Waals surface area contributed by atoms with Crippen LogP contribution in [-0.2, 0) is 0 Å². The molecule has 3 aromatic carbocycles. The fraction of sp³-hybridized carbons (Fsp3) is 0. The molecule has 0 radical (unpaired) electrons. The van der Waals surface area contributed by atoms with Gasteiger partial charge in [0.2, 0.25) is 5.76 Å². The van der Waals surface area contributed by atoms with Crippen molar-refractivity contribution in [3.63, 3.8) is 0 Å². The lowest BCUT2D eigenvalue weighted by atomic mass is 10.1. The topological polar surface area (TPSA) is 71.3 Å². The van der Waals surface area contributed by atoms with E-state index in [-0.39, 0.29) is 27.7 Å². The van der Waals surface area contributed by atoms with Gasteiger partial charge in [0.1, 0.15) is 17.1 Å². The number of carbonyl (C=O) groups excluding carboxylic acids is 2. The fourth-order valence-electron chi connectivity index (χ4n) is 2.91. The molecule has 31 heavy (non-hydrogen) atoms. The van der Waals surface area contributed by atoms with Gasteiger partial charge in [0.05, 0.1) is 5.02 Å². The Bertz CT molecular complexity index is 1340. The molecule has 9 heteroatoms. The van der Waals surface area contributed by atoms with Crippen molar-refractivity contribution in [3.05, 3.63) is 94.5 Å². The van der Waals surface area contributed by atoms with E-state index in [1.165, 1.54) is 12.1 Å². The second-order valence-corrected chi connectivity index (χ2v) is 6.88. The van der Waals surface area contributed by atoms with Crippen molar-refractivity contribution in [3.8, 4) is 0 Å². The smallest absolute Gasteiger partial charge is 0.293 e. The van der Waals surface area contributed by atoms with Crippen molar-refractivity contribution < 1.29 is 27.2 Å². The molecule has 2 amide bonds. The molecule has 4 rings (SSSR count). The van der Waals surface area contributed by atoms with Crippen LogP contribution in [0.15, 0.2) is 65.1 Å². The maximum atomic E-state index is 13.5. The van der Waals surface area contributed by atoms with E-state index in [4.69, 9.17) is 16.0 Å². The summed E-state index contributed by atoms with van der Waals surface area (Å²) in [5, 5.41) is 5.26. The highest BCUT2D eigenvalue weighted by Crippen LogP contribution is 2.32. The van der Waals surface area contributed by atoms with Crippen LogP contribution in [0.25, 0.3) is 11.0 Å². The number of rotatable bonds is 4. The van der Waals surface area contributed by atoms with Crippen LogP contribution in [0.5, 0.6) is 0 Å². The molecule has 0 saturated carbocycles. The summed E-state index contributed by atoms with van der Waals surface area (Å²) in [6.45, 7) is 0. The lowest BCUT2D eigenvalue weighted by Gasteiger charge is -2.08. The first-order valence-electron chi connectivity index (χ1n) is 8.88. The predicted octanol–water partition coefficient (Wildman–Crippen LogP) is 6.01. The molecular formula is C22H12ClF3N2O3. The number of benzene rings is 3. The normalized spacial score (nSPS) is 10.8. The third-order valence-electron chi connectivity index (χ3n) is 4.40. The van der Waals surface area contributed by atoms with Crippen LogP contribution >= 0.6 is 11.6 Å². The maximum absolute atomic E-state index is 13.5. The van der Waals surface area contributed by atoms with Gasteiger partial charge >= 0.3 is 0 Å². The molecule has 0 saturated heterocycles. The molecule has 0 fully saturated rings. The number of para-hydroxylation sites is 1. The summed E-state index contributed by atoms with van der Waals surface area (Å²) in [5.74, 6) is -4.68. The van der Waals surface area contributed by atoms with E-state index in [1.807, 2.05) is 0 Å². The van der Waals surface area contributed by atoms with Crippen molar-refractivity contribution >= 4 is 45.8 Å². The Morgan fingerprint density at radius 2 is 1.55 bits per heavy atom. The molecule has 2 N–H and O–H groups in total. The Morgan fingerprint density at radius 1 is 0.806 bits per heavy atom. The summed E-state index contributed by atoms with van der Waals surface area (Å²) in [4.78, 5) is 25.4. The molecule has 4 aromatic rings. The highest BCUT2D eigenvalue weighted by Gasteiger charge is 2.23. The van der Waals surface area contributed by atoms with Crippen molar-refractivity contribution in [2.75, 3.05) is 10.6 Å². The van der Waals surface area contributed by atoms with Crippen LogP contribution in [0, 0.1) is 17.5 Å². The number of fused-ring (bicyclic) bond motifs is 1. The third kappa shape index (κ3) is 4.10. The van der Waals surface area contributed by atoms with Crippen molar-refractivity contribution in [1.29, 1.82) is 0 Å². The Labute approximate surface area is 178 Å². The Balaban J connectivity index is 1.69. The lowest BCUT2D eigenvalue weighted by Crippen LogP contribution is -2.17.